The van der Waals surface area contributed by atoms with Gasteiger partial charge in [0.1, 0.15) is 5.75 Å². The van der Waals surface area contributed by atoms with Crippen LogP contribution in [0.4, 0.5) is 0 Å². The number of benzene rings is 1. The van der Waals surface area contributed by atoms with Crippen LogP contribution in [-0.4, -0.2) is 18.4 Å². The second kappa shape index (κ2) is 6.35. The van der Waals surface area contributed by atoms with Gasteiger partial charge in [0.25, 0.3) is 0 Å². The van der Waals surface area contributed by atoms with E-state index < -0.39 is 0 Å². The van der Waals surface area contributed by atoms with E-state index in [2.05, 4.69) is 33.0 Å². The molecule has 0 aromatic heterocycles. The third-order valence-electron chi connectivity index (χ3n) is 3.98. The van der Waals surface area contributed by atoms with Crippen molar-refractivity contribution < 1.29 is 14.6 Å². The Balaban J connectivity index is 1.94. The van der Waals surface area contributed by atoms with Crippen LogP contribution in [0.5, 0.6) is 17.2 Å². The highest BCUT2D eigenvalue weighted by Gasteiger charge is 2.19. The molecule has 4 heteroatoms. The van der Waals surface area contributed by atoms with Crippen LogP contribution in [0.3, 0.4) is 0 Å². The molecule has 0 atom stereocenters. The fourth-order valence-corrected chi connectivity index (χ4v) is 2.73. The first-order chi connectivity index (χ1) is 9.49. The summed E-state index contributed by atoms with van der Waals surface area (Å²) in [6.07, 6.45) is 0. The van der Waals surface area contributed by atoms with Crippen molar-refractivity contribution in [2.24, 2.45) is 17.8 Å². The highest BCUT2D eigenvalue weighted by atomic mass is 16.7. The van der Waals surface area contributed by atoms with Gasteiger partial charge in [-0.15, -0.1) is 0 Å². The van der Waals surface area contributed by atoms with Crippen LogP contribution in [0.25, 0.3) is 0 Å². The Kier molecular flexibility index (Phi) is 4.76. The molecule has 0 radical (unpaired) electrons. The van der Waals surface area contributed by atoms with Gasteiger partial charge in [0.05, 0.1) is 0 Å². The average molecular weight is 279 g/mol. The molecule has 1 heterocycles. The van der Waals surface area contributed by atoms with Crippen molar-refractivity contribution in [3.8, 4) is 17.2 Å². The van der Waals surface area contributed by atoms with E-state index in [9.17, 15) is 5.11 Å². The van der Waals surface area contributed by atoms with E-state index >= 15 is 0 Å². The van der Waals surface area contributed by atoms with Gasteiger partial charge in [-0.2, -0.15) is 0 Å². The Morgan fingerprint density at radius 3 is 2.30 bits per heavy atom. The second-order valence-electron chi connectivity index (χ2n) is 6.12. The largest absolute Gasteiger partial charge is 0.507 e. The molecule has 4 nitrogen and oxygen atoms in total. The predicted molar refractivity (Wildman–Crippen MR) is 79.1 cm³/mol. The maximum Gasteiger partial charge on any atom is 0.231 e. The second-order valence-corrected chi connectivity index (χ2v) is 6.12. The van der Waals surface area contributed by atoms with Gasteiger partial charge < -0.3 is 19.9 Å². The zero-order valence-corrected chi connectivity index (χ0v) is 12.8. The predicted octanol–water partition coefficient (Wildman–Crippen LogP) is 3.14. The van der Waals surface area contributed by atoms with Crippen molar-refractivity contribution in [3.05, 3.63) is 17.7 Å². The van der Waals surface area contributed by atoms with E-state index in [1.54, 1.807) is 6.07 Å². The first kappa shape index (κ1) is 15.0. The zero-order valence-electron chi connectivity index (χ0n) is 12.8. The summed E-state index contributed by atoms with van der Waals surface area (Å²) in [5.41, 5.74) is 0.848. The first-order valence-electron chi connectivity index (χ1n) is 7.31. The third-order valence-corrected chi connectivity index (χ3v) is 3.98. The Morgan fingerprint density at radius 1 is 1.10 bits per heavy atom. The summed E-state index contributed by atoms with van der Waals surface area (Å²) in [6, 6.07) is 3.48. The highest BCUT2D eigenvalue weighted by molar-refractivity contribution is 5.51. The van der Waals surface area contributed by atoms with E-state index in [0.29, 0.717) is 35.8 Å². The normalized spacial score (nSPS) is 13.8. The molecule has 0 saturated heterocycles. The van der Waals surface area contributed by atoms with Crippen LogP contribution < -0.4 is 14.8 Å². The highest BCUT2D eigenvalue weighted by Crippen LogP contribution is 2.37. The van der Waals surface area contributed by atoms with Gasteiger partial charge in [-0.1, -0.05) is 27.7 Å². The van der Waals surface area contributed by atoms with Gasteiger partial charge in [0.15, 0.2) is 11.5 Å². The molecule has 112 valence electrons. The SMILES string of the molecule is CC(C)C(CNCc1cc2c(cc1O)OCO2)C(C)C. The number of nitrogens with one attached hydrogen (secondary N) is 1. The smallest absolute Gasteiger partial charge is 0.231 e. The van der Waals surface area contributed by atoms with Crippen LogP contribution >= 0.6 is 0 Å². The fraction of sp³-hybridized carbons (Fsp3) is 0.625. The molecule has 0 fully saturated rings. The average Bonchev–Trinajstić information content (AvgIpc) is 2.80. The molecule has 0 saturated carbocycles. The molecule has 0 spiro atoms. The summed E-state index contributed by atoms with van der Waals surface area (Å²) < 4.78 is 10.6. The summed E-state index contributed by atoms with van der Waals surface area (Å²) in [5, 5.41) is 13.4. The number of ether oxygens (including phenoxy) is 2. The molecule has 0 amide bonds. The lowest BCUT2D eigenvalue weighted by Crippen LogP contribution is -2.29. The molecule has 1 aromatic rings. The number of aromatic hydroxyl groups is 1. The monoisotopic (exact) mass is 279 g/mol. The number of hydrogen-bond donors (Lipinski definition) is 2. The Morgan fingerprint density at radius 2 is 1.70 bits per heavy atom. The van der Waals surface area contributed by atoms with Gasteiger partial charge in [-0.3, -0.25) is 0 Å². The quantitative estimate of drug-likeness (QED) is 0.840. The van der Waals surface area contributed by atoms with Crippen LogP contribution in [0.15, 0.2) is 12.1 Å². The van der Waals surface area contributed by atoms with Gasteiger partial charge in [0.2, 0.25) is 6.79 Å². The Hall–Kier alpha value is -1.42. The minimum absolute atomic E-state index is 0.231. The topological polar surface area (TPSA) is 50.7 Å². The van der Waals surface area contributed by atoms with E-state index in [1.165, 1.54) is 0 Å². The molecule has 1 aliphatic heterocycles. The summed E-state index contributed by atoms with van der Waals surface area (Å²) >= 11 is 0. The maximum atomic E-state index is 9.98. The van der Waals surface area contributed by atoms with E-state index in [1.807, 2.05) is 6.07 Å². The fourth-order valence-electron chi connectivity index (χ4n) is 2.73. The van der Waals surface area contributed by atoms with Crippen molar-refractivity contribution in [2.75, 3.05) is 13.3 Å². The van der Waals surface area contributed by atoms with Crippen molar-refractivity contribution in [3.63, 3.8) is 0 Å². The molecular formula is C16H25NO3. The summed E-state index contributed by atoms with van der Waals surface area (Å²) in [4.78, 5) is 0. The van der Waals surface area contributed by atoms with Crippen molar-refractivity contribution in [1.82, 2.24) is 5.32 Å². The van der Waals surface area contributed by atoms with Gasteiger partial charge in [-0.25, -0.2) is 0 Å². The van der Waals surface area contributed by atoms with Crippen LogP contribution in [0.1, 0.15) is 33.3 Å². The molecule has 2 rings (SSSR count). The van der Waals surface area contributed by atoms with Gasteiger partial charge in [0, 0.05) is 18.2 Å². The van der Waals surface area contributed by atoms with Gasteiger partial charge >= 0.3 is 0 Å². The van der Waals surface area contributed by atoms with Crippen LogP contribution in [-0.2, 0) is 6.54 Å². The summed E-state index contributed by atoms with van der Waals surface area (Å²) in [5.74, 6) is 3.51. The lowest BCUT2D eigenvalue weighted by molar-refractivity contribution is 0.174. The first-order valence-corrected chi connectivity index (χ1v) is 7.31. The molecular weight excluding hydrogens is 254 g/mol. The van der Waals surface area contributed by atoms with Gasteiger partial charge in [-0.05, 0) is 30.4 Å². The molecule has 0 unspecified atom stereocenters. The lowest BCUT2D eigenvalue weighted by atomic mass is 9.85. The zero-order chi connectivity index (χ0) is 14.7. The summed E-state index contributed by atoms with van der Waals surface area (Å²) in [7, 11) is 0. The van der Waals surface area contributed by atoms with Crippen molar-refractivity contribution in [1.29, 1.82) is 0 Å². The molecule has 0 bridgehead atoms. The number of hydrogen-bond acceptors (Lipinski definition) is 4. The summed E-state index contributed by atoms with van der Waals surface area (Å²) in [6.45, 7) is 10.8. The molecule has 1 aromatic carbocycles. The van der Waals surface area contributed by atoms with Crippen LogP contribution in [0, 0.1) is 17.8 Å². The molecule has 2 N–H and O–H groups in total. The molecule has 0 aliphatic carbocycles. The molecule has 20 heavy (non-hydrogen) atoms. The third kappa shape index (κ3) is 3.37. The van der Waals surface area contributed by atoms with E-state index in [0.717, 1.165) is 12.1 Å². The minimum Gasteiger partial charge on any atom is -0.507 e. The minimum atomic E-state index is 0.231. The number of phenolic OH excluding ortho intramolecular Hbond substituents is 1. The maximum absolute atomic E-state index is 9.98. The van der Waals surface area contributed by atoms with E-state index in [-0.39, 0.29) is 12.5 Å². The number of fused-ring (bicyclic) bond motifs is 1. The number of rotatable bonds is 6. The van der Waals surface area contributed by atoms with Crippen molar-refractivity contribution in [2.45, 2.75) is 34.2 Å². The van der Waals surface area contributed by atoms with Crippen molar-refractivity contribution >= 4 is 0 Å². The number of phenols is 1. The van der Waals surface area contributed by atoms with E-state index in [4.69, 9.17) is 9.47 Å². The standard InChI is InChI=1S/C16H25NO3/c1-10(2)13(11(3)4)8-17-7-12-5-15-16(6-14(12)18)20-9-19-15/h5-6,10-11,13,17-18H,7-9H2,1-4H3. The Labute approximate surface area is 121 Å². The Bertz CT molecular complexity index is 449. The molecule has 1 aliphatic rings. The lowest BCUT2D eigenvalue weighted by Gasteiger charge is -2.25. The van der Waals surface area contributed by atoms with Crippen LogP contribution in [0.2, 0.25) is 0 Å².